The molecule has 2 rings (SSSR count). The van der Waals surface area contributed by atoms with E-state index < -0.39 is 0 Å². The lowest BCUT2D eigenvalue weighted by molar-refractivity contribution is 0.0944. The third kappa shape index (κ3) is 3.80. The van der Waals surface area contributed by atoms with Gasteiger partial charge in [-0.2, -0.15) is 0 Å². The van der Waals surface area contributed by atoms with E-state index in [1.54, 1.807) is 18.3 Å². The van der Waals surface area contributed by atoms with E-state index in [4.69, 9.17) is 5.73 Å². The first-order valence-electron chi connectivity index (χ1n) is 6.73. The van der Waals surface area contributed by atoms with E-state index in [0.29, 0.717) is 17.8 Å². The molecule has 1 heterocycles. The van der Waals surface area contributed by atoms with Crippen molar-refractivity contribution in [1.82, 2.24) is 10.3 Å². The number of hydrogen-bond acceptors (Lipinski definition) is 3. The first-order valence-corrected chi connectivity index (χ1v) is 6.73. The second kappa shape index (κ2) is 6.91. The molecule has 1 aliphatic rings. The fourth-order valence-electron chi connectivity index (χ4n) is 2.09. The Hall–Kier alpha value is -1.86. The van der Waals surface area contributed by atoms with Crippen molar-refractivity contribution in [3.8, 4) is 11.8 Å². The fraction of sp³-hybridized carbons (Fsp3) is 0.467. The maximum Gasteiger partial charge on any atom is 0.271 e. The lowest BCUT2D eigenvalue weighted by Crippen LogP contribution is -2.28. The van der Waals surface area contributed by atoms with Crippen LogP contribution in [-0.4, -0.2) is 24.0 Å². The number of nitrogens with zero attached hydrogens (tertiary/aromatic N) is 1. The third-order valence-corrected chi connectivity index (χ3v) is 3.41. The summed E-state index contributed by atoms with van der Waals surface area (Å²) in [7, 11) is 0. The minimum Gasteiger partial charge on any atom is -0.351 e. The highest BCUT2D eigenvalue weighted by molar-refractivity contribution is 5.94. The molecule has 0 saturated heterocycles. The zero-order valence-electron chi connectivity index (χ0n) is 11.0. The standard InChI is InChI=1S/C15H19N3O/c16-9-2-6-13-7-3-10-17-14(13)15(19)18-11-8-12-4-1-5-12/h3,7,10,12H,1,4-5,8-9,11,16H2,(H,18,19). The molecule has 0 unspecified atom stereocenters. The molecule has 1 aromatic heterocycles. The van der Waals surface area contributed by atoms with Gasteiger partial charge in [0.15, 0.2) is 0 Å². The van der Waals surface area contributed by atoms with Crippen LogP contribution in [0.2, 0.25) is 0 Å². The maximum atomic E-state index is 12.0. The third-order valence-electron chi connectivity index (χ3n) is 3.41. The van der Waals surface area contributed by atoms with E-state index >= 15 is 0 Å². The van der Waals surface area contributed by atoms with Crippen LogP contribution in [0.4, 0.5) is 0 Å². The molecule has 1 aliphatic carbocycles. The summed E-state index contributed by atoms with van der Waals surface area (Å²) in [6, 6.07) is 3.56. The molecule has 0 spiro atoms. The van der Waals surface area contributed by atoms with Crippen LogP contribution in [0.15, 0.2) is 18.3 Å². The van der Waals surface area contributed by atoms with E-state index in [1.165, 1.54) is 19.3 Å². The molecular formula is C15H19N3O. The highest BCUT2D eigenvalue weighted by atomic mass is 16.1. The van der Waals surface area contributed by atoms with Crippen LogP contribution in [-0.2, 0) is 0 Å². The van der Waals surface area contributed by atoms with Crippen molar-refractivity contribution >= 4 is 5.91 Å². The molecule has 0 atom stereocenters. The Balaban J connectivity index is 1.93. The van der Waals surface area contributed by atoms with Gasteiger partial charge in [0.2, 0.25) is 0 Å². The topological polar surface area (TPSA) is 68.0 Å². The van der Waals surface area contributed by atoms with Gasteiger partial charge in [0.25, 0.3) is 5.91 Å². The van der Waals surface area contributed by atoms with Crippen LogP contribution in [0.5, 0.6) is 0 Å². The maximum absolute atomic E-state index is 12.0. The van der Waals surface area contributed by atoms with Gasteiger partial charge in [0.1, 0.15) is 5.69 Å². The number of hydrogen-bond donors (Lipinski definition) is 2. The molecule has 0 bridgehead atoms. The van der Waals surface area contributed by atoms with Crippen LogP contribution in [0.1, 0.15) is 41.7 Å². The summed E-state index contributed by atoms with van der Waals surface area (Å²) in [6.45, 7) is 0.988. The molecule has 1 fully saturated rings. The first kappa shape index (κ1) is 13.6. The van der Waals surface area contributed by atoms with Gasteiger partial charge < -0.3 is 11.1 Å². The summed E-state index contributed by atoms with van der Waals surface area (Å²) < 4.78 is 0. The molecule has 1 amide bonds. The molecule has 4 nitrogen and oxygen atoms in total. The van der Waals surface area contributed by atoms with E-state index in [2.05, 4.69) is 22.1 Å². The number of carbonyl (C=O) groups is 1. The minimum absolute atomic E-state index is 0.152. The van der Waals surface area contributed by atoms with Crippen molar-refractivity contribution in [3.63, 3.8) is 0 Å². The average Bonchev–Trinajstić information content (AvgIpc) is 2.39. The summed E-state index contributed by atoms with van der Waals surface area (Å²) in [5, 5.41) is 2.91. The normalized spacial score (nSPS) is 14.2. The van der Waals surface area contributed by atoms with Gasteiger partial charge in [0, 0.05) is 12.7 Å². The van der Waals surface area contributed by atoms with Gasteiger partial charge in [0.05, 0.1) is 12.1 Å². The van der Waals surface area contributed by atoms with E-state index in [9.17, 15) is 4.79 Å². The Bertz CT molecular complexity index is 498. The molecule has 1 saturated carbocycles. The predicted molar refractivity (Wildman–Crippen MR) is 74.5 cm³/mol. The van der Waals surface area contributed by atoms with Gasteiger partial charge in [-0.1, -0.05) is 31.1 Å². The van der Waals surface area contributed by atoms with Crippen LogP contribution in [0.25, 0.3) is 0 Å². The van der Waals surface area contributed by atoms with Crippen molar-refractivity contribution in [2.75, 3.05) is 13.1 Å². The van der Waals surface area contributed by atoms with Gasteiger partial charge in [-0.15, -0.1) is 0 Å². The number of nitrogens with two attached hydrogens (primary N) is 1. The summed E-state index contributed by atoms with van der Waals surface area (Å²) >= 11 is 0. The van der Waals surface area contributed by atoms with Crippen LogP contribution >= 0.6 is 0 Å². The monoisotopic (exact) mass is 257 g/mol. The Labute approximate surface area is 113 Å². The van der Waals surface area contributed by atoms with E-state index in [1.807, 2.05) is 0 Å². The number of nitrogens with one attached hydrogen (secondary N) is 1. The van der Waals surface area contributed by atoms with E-state index in [-0.39, 0.29) is 12.5 Å². The Morgan fingerprint density at radius 3 is 3.05 bits per heavy atom. The van der Waals surface area contributed by atoms with Gasteiger partial charge in [-0.3, -0.25) is 4.79 Å². The lowest BCUT2D eigenvalue weighted by Gasteiger charge is -2.25. The summed E-state index contributed by atoms with van der Waals surface area (Å²) in [5.41, 5.74) is 6.36. The van der Waals surface area contributed by atoms with E-state index in [0.717, 1.165) is 12.3 Å². The number of carbonyl (C=O) groups excluding carboxylic acids is 1. The van der Waals surface area contributed by atoms with Crippen LogP contribution < -0.4 is 11.1 Å². The highest BCUT2D eigenvalue weighted by Crippen LogP contribution is 2.28. The summed E-state index contributed by atoms with van der Waals surface area (Å²) in [5.74, 6) is 6.27. The van der Waals surface area contributed by atoms with Gasteiger partial charge in [-0.25, -0.2) is 4.98 Å². The lowest BCUT2D eigenvalue weighted by atomic mass is 9.83. The Morgan fingerprint density at radius 2 is 2.37 bits per heavy atom. The predicted octanol–water partition coefficient (Wildman–Crippen LogP) is 1.31. The first-order chi connectivity index (χ1) is 9.31. The van der Waals surface area contributed by atoms with Crippen molar-refractivity contribution in [2.45, 2.75) is 25.7 Å². The molecule has 0 aliphatic heterocycles. The molecular weight excluding hydrogens is 238 g/mol. The van der Waals surface area contributed by atoms with Crippen molar-refractivity contribution in [2.24, 2.45) is 11.7 Å². The summed E-state index contributed by atoms with van der Waals surface area (Å²) in [6.07, 6.45) is 6.59. The average molecular weight is 257 g/mol. The molecule has 0 radical (unpaired) electrons. The molecule has 4 heteroatoms. The number of aromatic nitrogens is 1. The second-order valence-corrected chi connectivity index (χ2v) is 4.75. The van der Waals surface area contributed by atoms with Crippen molar-refractivity contribution < 1.29 is 4.79 Å². The SMILES string of the molecule is NCC#Cc1cccnc1C(=O)NCCC1CCC1. The number of rotatable bonds is 4. The number of amides is 1. The highest BCUT2D eigenvalue weighted by Gasteiger charge is 2.17. The zero-order valence-corrected chi connectivity index (χ0v) is 11.0. The van der Waals surface area contributed by atoms with Crippen molar-refractivity contribution in [3.05, 3.63) is 29.6 Å². The molecule has 100 valence electrons. The quantitative estimate of drug-likeness (QED) is 0.799. The zero-order chi connectivity index (χ0) is 13.5. The number of pyridine rings is 1. The molecule has 1 aromatic rings. The van der Waals surface area contributed by atoms with Gasteiger partial charge >= 0.3 is 0 Å². The largest absolute Gasteiger partial charge is 0.351 e. The second-order valence-electron chi connectivity index (χ2n) is 4.75. The minimum atomic E-state index is -0.152. The van der Waals surface area contributed by atoms with Crippen molar-refractivity contribution in [1.29, 1.82) is 0 Å². The molecule has 0 aromatic carbocycles. The fourth-order valence-corrected chi connectivity index (χ4v) is 2.09. The summed E-state index contributed by atoms with van der Waals surface area (Å²) in [4.78, 5) is 16.2. The molecule has 19 heavy (non-hydrogen) atoms. The Kier molecular flexibility index (Phi) is 4.93. The van der Waals surface area contributed by atoms with Crippen LogP contribution in [0.3, 0.4) is 0 Å². The smallest absolute Gasteiger partial charge is 0.271 e. The van der Waals surface area contributed by atoms with Gasteiger partial charge in [-0.05, 0) is 24.5 Å². The van der Waals surface area contributed by atoms with Crippen LogP contribution in [0, 0.1) is 17.8 Å². The Morgan fingerprint density at radius 1 is 1.53 bits per heavy atom. The molecule has 3 N–H and O–H groups in total.